The second-order valence-electron chi connectivity index (χ2n) is 22.5. The molecule has 0 saturated heterocycles. The Kier molecular flexibility index (Phi) is 14.9. The number of aliphatic hydroxyl groups is 1. The van der Waals surface area contributed by atoms with Crippen molar-refractivity contribution in [3.8, 4) is 22.5 Å². The summed E-state index contributed by atoms with van der Waals surface area (Å²) in [5.41, 5.74) is 5.45. The minimum atomic E-state index is -2.11. The fourth-order valence-corrected chi connectivity index (χ4v) is 13.0. The van der Waals surface area contributed by atoms with E-state index in [-0.39, 0.29) is 66.5 Å². The van der Waals surface area contributed by atoms with Gasteiger partial charge in [-0.05, 0) is 102 Å². The second-order valence-corrected chi connectivity index (χ2v) is 22.5. The van der Waals surface area contributed by atoms with Gasteiger partial charge in [0.15, 0.2) is 5.60 Å². The van der Waals surface area contributed by atoms with Gasteiger partial charge in [-0.2, -0.15) is 0 Å². The number of alkyl carbamates (subject to hydrolysis) is 1. The Bertz CT molecular complexity index is 4000. The van der Waals surface area contributed by atoms with Crippen LogP contribution in [0.2, 0.25) is 0 Å². The zero-order valence-corrected chi connectivity index (χ0v) is 47.7. The number of nitrogens with one attached hydrogen (secondary N) is 5. The van der Waals surface area contributed by atoms with Crippen LogP contribution in [-0.2, 0) is 64.2 Å². The molecule has 0 saturated carbocycles. The lowest BCUT2D eigenvalue weighted by atomic mass is 9.77. The number of ether oxygens (including phenoxy) is 2. The average molecular weight is 1160 g/mol. The summed E-state index contributed by atoms with van der Waals surface area (Å²) in [4.78, 5) is 105. The molecule has 6 aromatic carbocycles. The maximum Gasteiger partial charge on any atom is 0.407 e. The first kappa shape index (κ1) is 56.7. The maximum atomic E-state index is 15.9. The lowest BCUT2D eigenvalue weighted by Gasteiger charge is -2.37. The van der Waals surface area contributed by atoms with Crippen molar-refractivity contribution in [1.29, 1.82) is 0 Å². The summed E-state index contributed by atoms with van der Waals surface area (Å²) in [6.07, 6.45) is -1.03. The fourth-order valence-electron chi connectivity index (χ4n) is 13.0. The lowest BCUT2D eigenvalue weighted by Crippen LogP contribution is -2.57. The third kappa shape index (κ3) is 9.82. The molecule has 2 aliphatic carbocycles. The van der Waals surface area contributed by atoms with E-state index in [2.05, 4.69) is 26.6 Å². The summed E-state index contributed by atoms with van der Waals surface area (Å²) >= 11 is 0. The number of benzene rings is 6. The number of aryl methyl sites for hydroxylation is 1. The SMILES string of the molecule is CC[C@@]1(O)C(=O)OCc2c1cc1n(c2=O)Cc2c-1nc1cc(F)c(C)c3c1c2[C@@H](NC(=O)[C@H](CC(=O)NC(c1ccccc1)(c1ccccc1)c1ccccc1)NC(=O)[C@H](C)NC(=O)[C@H](C)NC(=O)OCC1c2ccccc2-c2ccccc21)CC3. The van der Waals surface area contributed by atoms with Crippen LogP contribution >= 0.6 is 0 Å². The molecule has 0 spiro atoms. The first-order valence-corrected chi connectivity index (χ1v) is 28.8. The van der Waals surface area contributed by atoms with E-state index in [4.69, 9.17) is 14.5 Å². The number of carbonyl (C=O) groups is 6. The van der Waals surface area contributed by atoms with Crippen molar-refractivity contribution in [1.82, 2.24) is 36.1 Å². The summed E-state index contributed by atoms with van der Waals surface area (Å²) in [5.74, 6) is -4.61. The van der Waals surface area contributed by atoms with Crippen LogP contribution in [0.5, 0.6) is 0 Å². The first-order chi connectivity index (χ1) is 41.5. The highest BCUT2D eigenvalue weighted by Crippen LogP contribution is 2.47. The quantitative estimate of drug-likeness (QED) is 0.0400. The van der Waals surface area contributed by atoms with Crippen LogP contribution in [0.3, 0.4) is 0 Å². The molecule has 18 heteroatoms. The Morgan fingerprint density at radius 1 is 0.756 bits per heavy atom. The molecule has 12 rings (SSSR count). The molecule has 0 bridgehead atoms. The zero-order valence-electron chi connectivity index (χ0n) is 47.7. The molecule has 0 radical (unpaired) electrons. The maximum absolute atomic E-state index is 15.9. The van der Waals surface area contributed by atoms with Crippen molar-refractivity contribution in [3.05, 3.63) is 229 Å². The highest BCUT2D eigenvalue weighted by molar-refractivity contribution is 5.98. The van der Waals surface area contributed by atoms with Gasteiger partial charge >= 0.3 is 12.1 Å². The summed E-state index contributed by atoms with van der Waals surface area (Å²) in [5, 5.41) is 26.6. The minimum absolute atomic E-state index is 0.00585. The van der Waals surface area contributed by atoms with Crippen LogP contribution in [0.15, 0.2) is 156 Å². The van der Waals surface area contributed by atoms with Crippen molar-refractivity contribution in [3.63, 3.8) is 0 Å². The smallest absolute Gasteiger partial charge is 0.407 e. The predicted octanol–water partition coefficient (Wildman–Crippen LogP) is 8.05. The number of halogens is 1. The third-order valence-corrected chi connectivity index (χ3v) is 17.5. The molecule has 5 amide bonds. The Morgan fingerprint density at radius 2 is 1.33 bits per heavy atom. The molecule has 4 heterocycles. The number of carbonyl (C=O) groups excluding carboxylic acids is 6. The van der Waals surface area contributed by atoms with E-state index < -0.39 is 88.8 Å². The average Bonchev–Trinajstić information content (AvgIpc) is 1.48. The van der Waals surface area contributed by atoms with Crippen molar-refractivity contribution in [2.24, 2.45) is 0 Å². The van der Waals surface area contributed by atoms with E-state index >= 15 is 14.0 Å². The molecular weight excluding hydrogens is 1090 g/mol. The van der Waals surface area contributed by atoms with E-state index in [0.717, 1.165) is 22.3 Å². The second kappa shape index (κ2) is 22.6. The summed E-state index contributed by atoms with van der Waals surface area (Å²) in [6, 6.07) is 41.8. The normalized spacial score (nSPS) is 17.3. The van der Waals surface area contributed by atoms with Gasteiger partial charge in [0.2, 0.25) is 23.6 Å². The van der Waals surface area contributed by atoms with E-state index in [0.29, 0.717) is 50.8 Å². The molecular formula is C68H62FN7O10. The van der Waals surface area contributed by atoms with Gasteiger partial charge in [-0.1, -0.05) is 146 Å². The molecule has 86 heavy (non-hydrogen) atoms. The largest absolute Gasteiger partial charge is 0.458 e. The van der Waals surface area contributed by atoms with Gasteiger partial charge in [-0.3, -0.25) is 24.0 Å². The summed E-state index contributed by atoms with van der Waals surface area (Å²) in [6.45, 7) is 5.73. The number of hydrogen-bond acceptors (Lipinski definition) is 11. The van der Waals surface area contributed by atoms with Gasteiger partial charge in [-0.25, -0.2) is 19.0 Å². The fraction of sp³-hybridized carbons (Fsp3) is 0.265. The first-order valence-electron chi connectivity index (χ1n) is 28.8. The number of hydrogen-bond donors (Lipinski definition) is 6. The Morgan fingerprint density at radius 3 is 1.93 bits per heavy atom. The van der Waals surface area contributed by atoms with E-state index in [1.807, 2.05) is 140 Å². The number of cyclic esters (lactones) is 1. The number of pyridine rings is 2. The Hall–Kier alpha value is -9.81. The molecule has 5 atom stereocenters. The van der Waals surface area contributed by atoms with Gasteiger partial charge in [0, 0.05) is 28.5 Å². The number of aromatic nitrogens is 2. The summed E-state index contributed by atoms with van der Waals surface area (Å²) < 4.78 is 28.4. The van der Waals surface area contributed by atoms with Gasteiger partial charge in [0.1, 0.15) is 42.7 Å². The van der Waals surface area contributed by atoms with Gasteiger partial charge < -0.3 is 45.7 Å². The van der Waals surface area contributed by atoms with Gasteiger partial charge in [0.05, 0.1) is 41.5 Å². The molecule has 4 aliphatic rings. The molecule has 8 aromatic rings. The topological polar surface area (TPSA) is 236 Å². The molecule has 0 fully saturated rings. The standard InChI is InChI=1S/C68H62FN7O10/c1-5-67(84)51-31-56-60-48(34-76(56)64(81)50(51)36-85-65(67)82)59-53(30-29-43-37(2)52(69)32-54(72-60)58(43)59)73-63(80)55(33-57(77)75-68(40-19-9-6-10-20-40,41-21-11-7-12-22-41)42-23-13-8-14-24-42)74-62(79)38(3)70-61(78)39(4)71-66(83)86-35-49-46-27-17-15-25-44(46)45-26-16-18-28-47(45)49/h6-28,31-32,38-39,49,53,55,84H,5,29-30,33-36H2,1-4H3,(H,70,78)(H,71,83)(H,73,80)(H,74,79)(H,75,77)/t38-,39-,53-,55-,67-/m0/s1. The van der Waals surface area contributed by atoms with Crippen LogP contribution in [0.25, 0.3) is 33.4 Å². The highest BCUT2D eigenvalue weighted by atomic mass is 19.1. The van der Waals surface area contributed by atoms with E-state index in [1.54, 1.807) is 19.9 Å². The number of fused-ring (bicyclic) bond motifs is 8. The van der Waals surface area contributed by atoms with E-state index in [1.165, 1.54) is 24.5 Å². The van der Waals surface area contributed by atoms with Crippen molar-refractivity contribution < 1.29 is 47.7 Å². The molecule has 0 unspecified atom stereocenters. The molecule has 2 aromatic heterocycles. The minimum Gasteiger partial charge on any atom is -0.458 e. The number of rotatable bonds is 16. The van der Waals surface area contributed by atoms with Crippen LogP contribution < -0.4 is 32.1 Å². The number of esters is 1. The van der Waals surface area contributed by atoms with Gasteiger partial charge in [-0.15, -0.1) is 0 Å². The van der Waals surface area contributed by atoms with Crippen LogP contribution in [-0.4, -0.2) is 75.1 Å². The highest BCUT2D eigenvalue weighted by Gasteiger charge is 2.47. The van der Waals surface area contributed by atoms with E-state index in [9.17, 15) is 29.1 Å². The molecule has 17 nitrogen and oxygen atoms in total. The van der Waals surface area contributed by atoms with Crippen LogP contribution in [0, 0.1) is 12.7 Å². The monoisotopic (exact) mass is 1160 g/mol. The molecule has 2 aliphatic heterocycles. The predicted molar refractivity (Wildman–Crippen MR) is 318 cm³/mol. The number of amides is 5. The van der Waals surface area contributed by atoms with Gasteiger partial charge in [0.25, 0.3) is 5.56 Å². The molecule has 436 valence electrons. The lowest BCUT2D eigenvalue weighted by molar-refractivity contribution is -0.172. The zero-order chi connectivity index (χ0) is 60.2. The Balaban J connectivity index is 0.844. The van der Waals surface area contributed by atoms with Crippen molar-refractivity contribution >= 4 is 46.6 Å². The summed E-state index contributed by atoms with van der Waals surface area (Å²) in [7, 11) is 0. The number of nitrogens with zero attached hydrogens (tertiary/aromatic N) is 2. The molecule has 6 N–H and O–H groups in total. The van der Waals surface area contributed by atoms with Crippen LogP contribution in [0.1, 0.15) is 113 Å². The van der Waals surface area contributed by atoms with Crippen molar-refractivity contribution in [2.75, 3.05) is 6.61 Å². The van der Waals surface area contributed by atoms with Crippen molar-refractivity contribution in [2.45, 2.75) is 108 Å². The van der Waals surface area contributed by atoms with Crippen LogP contribution in [0.4, 0.5) is 9.18 Å². The third-order valence-electron chi connectivity index (χ3n) is 17.5. The Labute approximate surface area is 494 Å².